The van der Waals surface area contributed by atoms with Crippen molar-refractivity contribution in [3.05, 3.63) is 65.7 Å². The average Bonchev–Trinajstić information content (AvgIpc) is 2.67. The summed E-state index contributed by atoms with van der Waals surface area (Å²) in [7, 11) is -3.55. The fourth-order valence-electron chi connectivity index (χ4n) is 3.13. The van der Waals surface area contributed by atoms with Crippen LogP contribution in [-0.2, 0) is 21.5 Å². The van der Waals surface area contributed by atoms with Crippen molar-refractivity contribution < 1.29 is 17.4 Å². The van der Waals surface area contributed by atoms with Crippen LogP contribution in [0.15, 0.2) is 54.6 Å². The van der Waals surface area contributed by atoms with Gasteiger partial charge in [-0.05, 0) is 43.0 Å². The van der Waals surface area contributed by atoms with Gasteiger partial charge in [0.1, 0.15) is 5.75 Å². The van der Waals surface area contributed by atoms with Crippen molar-refractivity contribution in [1.29, 1.82) is 0 Å². The maximum atomic E-state index is 13.4. The van der Waals surface area contributed by atoms with Gasteiger partial charge in [-0.2, -0.15) is 8.42 Å². The zero-order chi connectivity index (χ0) is 20.7. The van der Waals surface area contributed by atoms with Gasteiger partial charge in [-0.25, -0.2) is 0 Å². The molecule has 0 radical (unpaired) electrons. The maximum Gasteiger partial charge on any atom is 0.306 e. The highest BCUT2D eigenvalue weighted by atomic mass is 32.2. The molecule has 0 aromatic heterocycles. The molecular weight excluding hydrogens is 374 g/mol. The Labute approximate surface area is 168 Å². The Hall–Kier alpha value is -2.34. The number of carbonyl (C=O) groups excluding carboxylic acids is 1. The second-order valence-electron chi connectivity index (χ2n) is 7.03. The van der Waals surface area contributed by atoms with E-state index >= 15 is 0 Å². The molecule has 2 rings (SSSR count). The third kappa shape index (κ3) is 6.09. The van der Waals surface area contributed by atoms with Crippen LogP contribution in [0.4, 0.5) is 0 Å². The third-order valence-corrected chi connectivity index (χ3v) is 5.33. The van der Waals surface area contributed by atoms with E-state index < -0.39 is 10.1 Å². The van der Waals surface area contributed by atoms with E-state index in [1.807, 2.05) is 42.2 Å². The number of nitrogens with zero attached hydrogens (tertiary/aromatic N) is 1. The van der Waals surface area contributed by atoms with Gasteiger partial charge < -0.3 is 9.08 Å². The molecule has 1 amide bonds. The van der Waals surface area contributed by atoms with Crippen molar-refractivity contribution in [2.75, 3.05) is 6.26 Å². The molecule has 0 spiro atoms. The number of rotatable bonds is 9. The minimum Gasteiger partial charge on any atom is -0.383 e. The molecule has 2 aromatic rings. The van der Waals surface area contributed by atoms with Gasteiger partial charge in [0.25, 0.3) is 0 Å². The van der Waals surface area contributed by atoms with Crippen LogP contribution < -0.4 is 4.18 Å². The summed E-state index contributed by atoms with van der Waals surface area (Å²) in [5, 5.41) is 0. The normalized spacial score (nSPS) is 13.6. The SMILES string of the molecule is CC[C@@H](C(=O)N(Cc1ccc(OS(C)(=O)=O)cc1)[C@@H](C)CC)c1ccccc1. The smallest absolute Gasteiger partial charge is 0.306 e. The Morgan fingerprint density at radius 1 is 1.00 bits per heavy atom. The monoisotopic (exact) mass is 403 g/mol. The zero-order valence-corrected chi connectivity index (χ0v) is 17.8. The number of carbonyl (C=O) groups is 1. The van der Waals surface area contributed by atoms with Crippen molar-refractivity contribution in [2.24, 2.45) is 0 Å². The Bertz CT molecular complexity index is 863. The first kappa shape index (κ1) is 22.0. The van der Waals surface area contributed by atoms with Crippen molar-refractivity contribution in [1.82, 2.24) is 4.90 Å². The van der Waals surface area contributed by atoms with Crippen molar-refractivity contribution in [3.8, 4) is 5.75 Å². The third-order valence-electron chi connectivity index (χ3n) is 4.84. The van der Waals surface area contributed by atoms with Crippen molar-refractivity contribution in [2.45, 2.75) is 52.1 Å². The Kier molecular flexibility index (Phi) is 7.63. The molecule has 0 saturated heterocycles. The van der Waals surface area contributed by atoms with Gasteiger partial charge in [0, 0.05) is 12.6 Å². The highest BCUT2D eigenvalue weighted by molar-refractivity contribution is 7.86. The molecule has 28 heavy (non-hydrogen) atoms. The zero-order valence-electron chi connectivity index (χ0n) is 17.0. The maximum absolute atomic E-state index is 13.4. The molecule has 2 atom stereocenters. The summed E-state index contributed by atoms with van der Waals surface area (Å²) in [5.74, 6) is 0.200. The number of hydrogen-bond acceptors (Lipinski definition) is 4. The van der Waals surface area contributed by atoms with E-state index in [4.69, 9.17) is 4.18 Å². The van der Waals surface area contributed by atoms with Crippen LogP contribution in [-0.4, -0.2) is 31.5 Å². The van der Waals surface area contributed by atoms with Crippen LogP contribution in [0.2, 0.25) is 0 Å². The summed E-state index contributed by atoms with van der Waals surface area (Å²) in [6, 6.07) is 16.8. The van der Waals surface area contributed by atoms with Gasteiger partial charge in [-0.1, -0.05) is 56.3 Å². The van der Waals surface area contributed by atoms with E-state index in [1.165, 1.54) is 0 Å². The first-order valence-corrected chi connectivity index (χ1v) is 11.4. The highest BCUT2D eigenvalue weighted by Crippen LogP contribution is 2.25. The van der Waals surface area contributed by atoms with Crippen LogP contribution in [0.25, 0.3) is 0 Å². The van der Waals surface area contributed by atoms with E-state index in [0.29, 0.717) is 6.54 Å². The van der Waals surface area contributed by atoms with Gasteiger partial charge in [-0.15, -0.1) is 0 Å². The van der Waals surface area contributed by atoms with E-state index in [2.05, 4.69) is 13.8 Å². The van der Waals surface area contributed by atoms with Gasteiger partial charge in [0.2, 0.25) is 5.91 Å². The molecular formula is C22H29NO4S. The first-order valence-electron chi connectivity index (χ1n) is 9.59. The number of amides is 1. The second kappa shape index (κ2) is 9.73. The van der Waals surface area contributed by atoms with Gasteiger partial charge in [0.15, 0.2) is 0 Å². The molecule has 152 valence electrons. The van der Waals surface area contributed by atoms with Crippen LogP contribution in [0.5, 0.6) is 5.75 Å². The average molecular weight is 404 g/mol. The fourth-order valence-corrected chi connectivity index (χ4v) is 3.59. The summed E-state index contributed by atoms with van der Waals surface area (Å²) in [4.78, 5) is 15.3. The quantitative estimate of drug-likeness (QED) is 0.584. The summed E-state index contributed by atoms with van der Waals surface area (Å²) in [5.41, 5.74) is 1.96. The van der Waals surface area contributed by atoms with E-state index in [-0.39, 0.29) is 23.6 Å². The molecule has 0 saturated carbocycles. The van der Waals surface area contributed by atoms with E-state index in [0.717, 1.165) is 30.2 Å². The molecule has 2 aromatic carbocycles. The lowest BCUT2D eigenvalue weighted by atomic mass is 9.94. The molecule has 0 aliphatic rings. The van der Waals surface area contributed by atoms with Crippen LogP contribution in [0, 0.1) is 0 Å². The summed E-state index contributed by atoms with van der Waals surface area (Å²) in [6.45, 7) is 6.62. The minimum atomic E-state index is -3.55. The Balaban J connectivity index is 2.22. The lowest BCUT2D eigenvalue weighted by molar-refractivity contribution is -0.135. The minimum absolute atomic E-state index is 0.0946. The van der Waals surface area contributed by atoms with E-state index in [9.17, 15) is 13.2 Å². The lowest BCUT2D eigenvalue weighted by Gasteiger charge is -2.32. The predicted octanol–water partition coefficient (Wildman–Crippen LogP) is 4.35. The van der Waals surface area contributed by atoms with Crippen LogP contribution in [0.1, 0.15) is 50.7 Å². The topological polar surface area (TPSA) is 63.7 Å². The molecule has 5 nitrogen and oxygen atoms in total. The first-order chi connectivity index (χ1) is 13.2. The molecule has 0 N–H and O–H groups in total. The van der Waals surface area contributed by atoms with Gasteiger partial charge in [0.05, 0.1) is 12.2 Å². The lowest BCUT2D eigenvalue weighted by Crippen LogP contribution is -2.40. The van der Waals surface area contributed by atoms with Gasteiger partial charge >= 0.3 is 10.1 Å². The fraction of sp³-hybridized carbons (Fsp3) is 0.409. The predicted molar refractivity (Wildman–Crippen MR) is 112 cm³/mol. The Morgan fingerprint density at radius 2 is 1.61 bits per heavy atom. The molecule has 0 aliphatic heterocycles. The Morgan fingerprint density at radius 3 is 2.11 bits per heavy atom. The summed E-state index contributed by atoms with van der Waals surface area (Å²) < 4.78 is 27.4. The van der Waals surface area contributed by atoms with Crippen molar-refractivity contribution >= 4 is 16.0 Å². The number of benzene rings is 2. The second-order valence-corrected chi connectivity index (χ2v) is 8.60. The molecule has 0 unspecified atom stereocenters. The van der Waals surface area contributed by atoms with E-state index in [1.54, 1.807) is 24.3 Å². The van der Waals surface area contributed by atoms with Crippen LogP contribution in [0.3, 0.4) is 0 Å². The number of hydrogen-bond donors (Lipinski definition) is 0. The molecule has 0 heterocycles. The largest absolute Gasteiger partial charge is 0.383 e. The van der Waals surface area contributed by atoms with Gasteiger partial charge in [-0.3, -0.25) is 4.79 Å². The summed E-state index contributed by atoms with van der Waals surface area (Å²) >= 11 is 0. The molecule has 0 fully saturated rings. The standard InChI is InChI=1S/C22H29NO4S/c1-5-17(3)23(22(24)21(6-2)19-10-8-7-9-11-19)16-18-12-14-20(15-13-18)27-28(4,25)26/h7-15,17,21H,5-6,16H2,1-4H3/t17-,21+/m0/s1. The molecule has 6 heteroatoms. The molecule has 0 aliphatic carbocycles. The molecule has 0 bridgehead atoms. The highest BCUT2D eigenvalue weighted by Gasteiger charge is 2.27. The summed E-state index contributed by atoms with van der Waals surface area (Å²) in [6.07, 6.45) is 2.60. The van der Waals surface area contributed by atoms with Crippen LogP contribution >= 0.6 is 0 Å². The van der Waals surface area contributed by atoms with Crippen molar-refractivity contribution in [3.63, 3.8) is 0 Å².